The fraction of sp³-hybridized carbons (Fsp3) is 0.526. The molecule has 148 valence electrons. The second kappa shape index (κ2) is 9.25. The molecule has 0 aliphatic heterocycles. The highest BCUT2D eigenvalue weighted by atomic mass is 16.6. The summed E-state index contributed by atoms with van der Waals surface area (Å²) in [6.07, 6.45) is 1.89. The van der Waals surface area contributed by atoms with Crippen LogP contribution in [-0.2, 0) is 14.3 Å². The molecule has 2 rings (SSSR count). The fourth-order valence-electron chi connectivity index (χ4n) is 2.29. The van der Waals surface area contributed by atoms with Gasteiger partial charge in [0.15, 0.2) is 6.61 Å². The molecule has 1 atom stereocenters. The summed E-state index contributed by atoms with van der Waals surface area (Å²) in [5, 5.41) is 2.57. The van der Waals surface area contributed by atoms with Gasteiger partial charge in [0.25, 0.3) is 11.8 Å². The van der Waals surface area contributed by atoms with Crippen LogP contribution in [0.1, 0.15) is 40.0 Å². The summed E-state index contributed by atoms with van der Waals surface area (Å²) in [5.41, 5.74) is 3.97. The van der Waals surface area contributed by atoms with E-state index in [0.29, 0.717) is 18.1 Å². The van der Waals surface area contributed by atoms with Crippen molar-refractivity contribution in [1.29, 1.82) is 0 Å². The minimum Gasteiger partial charge on any atom is -0.484 e. The summed E-state index contributed by atoms with van der Waals surface area (Å²) in [6.45, 7) is 5.00. The minimum absolute atomic E-state index is 0.239. The number of ether oxygens (including phenoxy) is 2. The van der Waals surface area contributed by atoms with E-state index in [0.717, 1.165) is 12.8 Å². The maximum absolute atomic E-state index is 12.3. The second-order valence-electron chi connectivity index (χ2n) is 7.52. The summed E-state index contributed by atoms with van der Waals surface area (Å²) >= 11 is 0. The molecule has 8 heteroatoms. The van der Waals surface area contributed by atoms with E-state index in [1.807, 2.05) is 6.07 Å². The lowest BCUT2D eigenvalue weighted by Gasteiger charge is -2.23. The maximum Gasteiger partial charge on any atom is 0.408 e. The Morgan fingerprint density at radius 3 is 2.37 bits per heavy atom. The fourth-order valence-corrected chi connectivity index (χ4v) is 2.29. The van der Waals surface area contributed by atoms with Crippen LogP contribution in [0.3, 0.4) is 0 Å². The molecule has 1 aliphatic carbocycles. The SMILES string of the molecule is CC(C)(C)OC(=O)N[C@@H](CC1CC1)C(=O)NNC(=O)COc1ccccc1. The average molecular weight is 377 g/mol. The van der Waals surface area contributed by atoms with Crippen molar-refractivity contribution < 1.29 is 23.9 Å². The number of alkyl carbamates (subject to hydrolysis) is 1. The number of hydrazine groups is 1. The first kappa shape index (κ1) is 20.5. The van der Waals surface area contributed by atoms with Crippen molar-refractivity contribution in [3.63, 3.8) is 0 Å². The molecule has 0 spiro atoms. The molecular weight excluding hydrogens is 350 g/mol. The van der Waals surface area contributed by atoms with Gasteiger partial charge >= 0.3 is 6.09 Å². The number of benzene rings is 1. The Bertz CT molecular complexity index is 653. The van der Waals surface area contributed by atoms with Crippen molar-refractivity contribution in [2.45, 2.75) is 51.7 Å². The van der Waals surface area contributed by atoms with Crippen molar-refractivity contribution in [3.8, 4) is 5.75 Å². The van der Waals surface area contributed by atoms with Gasteiger partial charge in [0.05, 0.1) is 0 Å². The van der Waals surface area contributed by atoms with Gasteiger partial charge in [-0.3, -0.25) is 20.4 Å². The number of carbonyl (C=O) groups is 3. The predicted molar refractivity (Wildman–Crippen MR) is 98.7 cm³/mol. The van der Waals surface area contributed by atoms with Crippen molar-refractivity contribution >= 4 is 17.9 Å². The summed E-state index contributed by atoms with van der Waals surface area (Å²) in [4.78, 5) is 36.1. The monoisotopic (exact) mass is 377 g/mol. The third kappa shape index (κ3) is 8.44. The molecule has 0 unspecified atom stereocenters. The van der Waals surface area contributed by atoms with Crippen molar-refractivity contribution in [1.82, 2.24) is 16.2 Å². The van der Waals surface area contributed by atoms with Gasteiger partial charge in [-0.25, -0.2) is 4.79 Å². The number of nitrogens with one attached hydrogen (secondary N) is 3. The number of para-hydroxylation sites is 1. The first-order chi connectivity index (χ1) is 12.7. The van der Waals surface area contributed by atoms with E-state index in [4.69, 9.17) is 9.47 Å². The molecule has 27 heavy (non-hydrogen) atoms. The third-order valence-corrected chi connectivity index (χ3v) is 3.71. The first-order valence-electron chi connectivity index (χ1n) is 8.99. The largest absolute Gasteiger partial charge is 0.484 e. The third-order valence-electron chi connectivity index (χ3n) is 3.71. The molecule has 1 aromatic rings. The Morgan fingerprint density at radius 2 is 1.78 bits per heavy atom. The lowest BCUT2D eigenvalue weighted by molar-refractivity contribution is -0.131. The van der Waals surface area contributed by atoms with E-state index in [1.54, 1.807) is 45.0 Å². The van der Waals surface area contributed by atoms with E-state index in [9.17, 15) is 14.4 Å². The molecule has 0 radical (unpaired) electrons. The van der Waals surface area contributed by atoms with E-state index in [1.165, 1.54) is 0 Å². The van der Waals surface area contributed by atoms with Crippen molar-refractivity contribution in [3.05, 3.63) is 30.3 Å². The summed E-state index contributed by atoms with van der Waals surface area (Å²) in [5.74, 6) is -0.0551. The standard InChI is InChI=1S/C19H27N3O5/c1-19(2,3)27-18(25)20-15(11-13-9-10-13)17(24)22-21-16(23)12-26-14-7-5-4-6-8-14/h4-8,13,15H,9-12H2,1-3H3,(H,20,25)(H,21,23)(H,22,24)/t15-/m0/s1. The van der Waals surface area contributed by atoms with Crippen LogP contribution in [0.15, 0.2) is 30.3 Å². The zero-order valence-electron chi connectivity index (χ0n) is 15.9. The number of amides is 3. The van der Waals surface area contributed by atoms with E-state index in [-0.39, 0.29) is 6.61 Å². The lowest BCUT2D eigenvalue weighted by Crippen LogP contribution is -2.53. The topological polar surface area (TPSA) is 106 Å². The van der Waals surface area contributed by atoms with Crippen LogP contribution in [0.4, 0.5) is 4.79 Å². The Labute approximate surface area is 159 Å². The summed E-state index contributed by atoms with van der Waals surface area (Å²) in [6, 6.07) is 8.09. The van der Waals surface area contributed by atoms with Gasteiger partial charge in [0, 0.05) is 0 Å². The number of hydrogen-bond acceptors (Lipinski definition) is 5. The van der Waals surface area contributed by atoms with Crippen LogP contribution in [0, 0.1) is 5.92 Å². The Hall–Kier alpha value is -2.77. The van der Waals surface area contributed by atoms with Crippen LogP contribution in [0.5, 0.6) is 5.75 Å². The molecule has 1 aromatic carbocycles. The quantitative estimate of drug-likeness (QED) is 0.630. The lowest BCUT2D eigenvalue weighted by atomic mass is 10.1. The molecule has 3 amide bonds. The maximum atomic E-state index is 12.3. The van der Waals surface area contributed by atoms with Gasteiger partial charge in [-0.1, -0.05) is 31.0 Å². The second-order valence-corrected chi connectivity index (χ2v) is 7.52. The molecule has 1 aliphatic rings. The van der Waals surface area contributed by atoms with Gasteiger partial charge in [-0.2, -0.15) is 0 Å². The molecular formula is C19H27N3O5. The summed E-state index contributed by atoms with van der Waals surface area (Å²) < 4.78 is 10.5. The molecule has 0 bridgehead atoms. The Kier molecular flexibility index (Phi) is 7.04. The molecule has 0 saturated heterocycles. The zero-order valence-corrected chi connectivity index (χ0v) is 15.9. The minimum atomic E-state index is -0.775. The van der Waals surface area contributed by atoms with Crippen molar-refractivity contribution in [2.24, 2.45) is 5.92 Å². The zero-order chi connectivity index (χ0) is 19.9. The van der Waals surface area contributed by atoms with Gasteiger partial charge in [-0.05, 0) is 45.2 Å². The van der Waals surface area contributed by atoms with Gasteiger partial charge in [0.1, 0.15) is 17.4 Å². The van der Waals surface area contributed by atoms with Gasteiger partial charge in [0.2, 0.25) is 0 Å². The highest BCUT2D eigenvalue weighted by molar-refractivity contribution is 5.88. The van der Waals surface area contributed by atoms with E-state index >= 15 is 0 Å². The van der Waals surface area contributed by atoms with Crippen molar-refractivity contribution in [2.75, 3.05) is 6.61 Å². The number of carbonyl (C=O) groups excluding carboxylic acids is 3. The molecule has 0 aromatic heterocycles. The van der Waals surface area contributed by atoms with Crippen LogP contribution in [0.25, 0.3) is 0 Å². The van der Waals surface area contributed by atoms with Crippen LogP contribution in [-0.4, -0.2) is 36.2 Å². The molecule has 1 fully saturated rings. The number of hydrogen-bond donors (Lipinski definition) is 3. The van der Waals surface area contributed by atoms with E-state index < -0.39 is 29.6 Å². The predicted octanol–water partition coefficient (Wildman–Crippen LogP) is 1.91. The summed E-state index contributed by atoms with van der Waals surface area (Å²) in [7, 11) is 0. The highest BCUT2D eigenvalue weighted by Gasteiger charge is 2.31. The Morgan fingerprint density at radius 1 is 1.11 bits per heavy atom. The molecule has 3 N–H and O–H groups in total. The van der Waals surface area contributed by atoms with Crippen LogP contribution in [0.2, 0.25) is 0 Å². The smallest absolute Gasteiger partial charge is 0.408 e. The Balaban J connectivity index is 1.78. The highest BCUT2D eigenvalue weighted by Crippen LogP contribution is 2.33. The van der Waals surface area contributed by atoms with E-state index in [2.05, 4.69) is 16.2 Å². The van der Waals surface area contributed by atoms with Crippen LogP contribution < -0.4 is 20.9 Å². The van der Waals surface area contributed by atoms with Crippen LogP contribution >= 0.6 is 0 Å². The molecule has 1 saturated carbocycles. The van der Waals surface area contributed by atoms with Gasteiger partial charge in [-0.15, -0.1) is 0 Å². The normalized spacial score (nSPS) is 14.6. The number of rotatable bonds is 7. The first-order valence-corrected chi connectivity index (χ1v) is 8.99. The molecule has 0 heterocycles. The van der Waals surface area contributed by atoms with Gasteiger partial charge < -0.3 is 14.8 Å². The average Bonchev–Trinajstić information content (AvgIpc) is 3.40. The molecule has 8 nitrogen and oxygen atoms in total.